The van der Waals surface area contributed by atoms with Crippen molar-refractivity contribution < 1.29 is 4.79 Å². The van der Waals surface area contributed by atoms with Gasteiger partial charge in [-0.3, -0.25) is 14.6 Å². The second-order valence-electron chi connectivity index (χ2n) is 6.38. The smallest absolute Gasteiger partial charge is 0.255 e. The van der Waals surface area contributed by atoms with E-state index in [0.29, 0.717) is 17.8 Å². The maximum Gasteiger partial charge on any atom is 0.255 e. The van der Waals surface area contributed by atoms with Gasteiger partial charge in [-0.1, -0.05) is 24.3 Å². The van der Waals surface area contributed by atoms with Gasteiger partial charge in [0, 0.05) is 16.6 Å². The monoisotopic (exact) mass is 345 g/mol. The second kappa shape index (κ2) is 6.48. The fourth-order valence-corrected chi connectivity index (χ4v) is 3.09. The van der Waals surface area contributed by atoms with E-state index in [1.165, 1.54) is 0 Å². The van der Waals surface area contributed by atoms with Crippen LogP contribution in [0.1, 0.15) is 27.3 Å². The van der Waals surface area contributed by atoms with Gasteiger partial charge in [0.25, 0.3) is 5.91 Å². The zero-order valence-electron chi connectivity index (χ0n) is 14.7. The van der Waals surface area contributed by atoms with Gasteiger partial charge in [0.1, 0.15) is 0 Å². The van der Waals surface area contributed by atoms with E-state index in [1.54, 1.807) is 6.20 Å². The first-order valence-electron chi connectivity index (χ1n) is 8.43. The van der Waals surface area contributed by atoms with Crippen LogP contribution in [0.2, 0.25) is 0 Å². The number of para-hydroxylation sites is 1. The highest BCUT2D eigenvalue weighted by Crippen LogP contribution is 2.21. The first-order valence-corrected chi connectivity index (χ1v) is 8.43. The van der Waals surface area contributed by atoms with E-state index < -0.39 is 0 Å². The first-order chi connectivity index (χ1) is 12.6. The lowest BCUT2D eigenvalue weighted by Crippen LogP contribution is -2.13. The van der Waals surface area contributed by atoms with Crippen molar-refractivity contribution in [2.45, 2.75) is 20.4 Å². The quantitative estimate of drug-likeness (QED) is 0.592. The molecule has 6 heteroatoms. The van der Waals surface area contributed by atoms with Crippen molar-refractivity contribution >= 4 is 22.5 Å². The highest BCUT2D eigenvalue weighted by Gasteiger charge is 2.10. The van der Waals surface area contributed by atoms with Crippen LogP contribution in [0.15, 0.2) is 54.7 Å². The Labute approximate surface area is 150 Å². The number of aryl methyl sites for hydroxylation is 2. The molecule has 4 rings (SSSR count). The summed E-state index contributed by atoms with van der Waals surface area (Å²) in [6.45, 7) is 4.64. The minimum atomic E-state index is -0.151. The van der Waals surface area contributed by atoms with E-state index in [-0.39, 0.29) is 5.91 Å². The number of aromatic amines is 1. The number of H-pyrrole nitrogens is 1. The zero-order valence-corrected chi connectivity index (χ0v) is 14.7. The molecule has 26 heavy (non-hydrogen) atoms. The molecule has 0 atom stereocenters. The van der Waals surface area contributed by atoms with E-state index in [4.69, 9.17) is 0 Å². The molecule has 0 unspecified atom stereocenters. The van der Waals surface area contributed by atoms with Gasteiger partial charge < -0.3 is 5.32 Å². The number of nitrogens with zero attached hydrogens (tertiary/aromatic N) is 3. The molecule has 0 saturated heterocycles. The molecule has 0 bridgehead atoms. The number of anilines is 1. The van der Waals surface area contributed by atoms with Crippen molar-refractivity contribution in [3.8, 4) is 0 Å². The lowest BCUT2D eigenvalue weighted by Gasteiger charge is -2.09. The van der Waals surface area contributed by atoms with Crippen LogP contribution in [0, 0.1) is 13.8 Å². The Balaban J connectivity index is 1.57. The zero-order chi connectivity index (χ0) is 18.1. The van der Waals surface area contributed by atoms with Gasteiger partial charge in [-0.25, -0.2) is 0 Å². The topological polar surface area (TPSA) is 75.6 Å². The third kappa shape index (κ3) is 3.09. The molecule has 0 radical (unpaired) electrons. The van der Waals surface area contributed by atoms with Crippen LogP contribution in [0.25, 0.3) is 10.9 Å². The largest absolute Gasteiger partial charge is 0.320 e. The average Bonchev–Trinajstić information content (AvgIpc) is 3.22. The van der Waals surface area contributed by atoms with Crippen molar-refractivity contribution in [3.63, 3.8) is 0 Å². The van der Waals surface area contributed by atoms with Crippen molar-refractivity contribution in [1.82, 2.24) is 20.0 Å². The molecular formula is C20H19N5O. The number of hydrogen-bond acceptors (Lipinski definition) is 3. The SMILES string of the molecule is Cc1cc(C)n(Cc2cccc(C(=O)Nc3cccc4cn[nH]c34)c2)n1. The van der Waals surface area contributed by atoms with Gasteiger partial charge in [-0.2, -0.15) is 10.2 Å². The number of amides is 1. The number of fused-ring (bicyclic) bond motifs is 1. The Kier molecular flexibility index (Phi) is 4.01. The first kappa shape index (κ1) is 16.1. The van der Waals surface area contributed by atoms with Gasteiger partial charge in [-0.05, 0) is 43.7 Å². The number of rotatable bonds is 4. The van der Waals surface area contributed by atoms with Crippen LogP contribution >= 0.6 is 0 Å². The molecule has 2 aromatic heterocycles. The predicted octanol–water partition coefficient (Wildman–Crippen LogP) is 3.68. The van der Waals surface area contributed by atoms with Gasteiger partial charge >= 0.3 is 0 Å². The van der Waals surface area contributed by atoms with Crippen LogP contribution < -0.4 is 5.32 Å². The van der Waals surface area contributed by atoms with E-state index >= 15 is 0 Å². The van der Waals surface area contributed by atoms with E-state index in [1.807, 2.05) is 67.1 Å². The molecular weight excluding hydrogens is 326 g/mol. The van der Waals surface area contributed by atoms with Crippen molar-refractivity contribution in [2.75, 3.05) is 5.32 Å². The number of nitrogens with one attached hydrogen (secondary N) is 2. The summed E-state index contributed by atoms with van der Waals surface area (Å²) in [5.41, 5.74) is 5.27. The number of carbonyl (C=O) groups excluding carboxylic acids is 1. The Bertz CT molecular complexity index is 1090. The fraction of sp³-hybridized carbons (Fsp3) is 0.150. The molecule has 0 fully saturated rings. The number of carbonyl (C=O) groups is 1. The normalized spacial score (nSPS) is 11.0. The molecule has 0 spiro atoms. The summed E-state index contributed by atoms with van der Waals surface area (Å²) in [4.78, 5) is 12.7. The molecule has 0 aliphatic carbocycles. The summed E-state index contributed by atoms with van der Waals surface area (Å²) < 4.78 is 1.94. The molecule has 0 aliphatic heterocycles. The lowest BCUT2D eigenvalue weighted by atomic mass is 10.1. The highest BCUT2D eigenvalue weighted by atomic mass is 16.1. The maximum atomic E-state index is 12.7. The fourth-order valence-electron chi connectivity index (χ4n) is 3.09. The molecule has 0 aliphatic rings. The Morgan fingerprint density at radius 2 is 2.00 bits per heavy atom. The van der Waals surface area contributed by atoms with Gasteiger partial charge in [0.2, 0.25) is 0 Å². The lowest BCUT2D eigenvalue weighted by molar-refractivity contribution is 0.102. The molecule has 2 heterocycles. The van der Waals surface area contributed by atoms with Crippen LogP contribution in [-0.2, 0) is 6.54 Å². The van der Waals surface area contributed by atoms with Crippen LogP contribution in [-0.4, -0.2) is 25.9 Å². The average molecular weight is 345 g/mol. The van der Waals surface area contributed by atoms with Crippen LogP contribution in [0.5, 0.6) is 0 Å². The van der Waals surface area contributed by atoms with E-state index in [0.717, 1.165) is 27.9 Å². The molecule has 2 N–H and O–H groups in total. The summed E-state index contributed by atoms with van der Waals surface area (Å²) in [6.07, 6.45) is 1.74. The van der Waals surface area contributed by atoms with Crippen molar-refractivity contribution in [3.05, 3.63) is 77.2 Å². The summed E-state index contributed by atoms with van der Waals surface area (Å²) in [6, 6.07) is 15.4. The van der Waals surface area contributed by atoms with Crippen LogP contribution in [0.4, 0.5) is 5.69 Å². The minimum absolute atomic E-state index is 0.151. The van der Waals surface area contributed by atoms with E-state index in [2.05, 4.69) is 20.6 Å². The maximum absolute atomic E-state index is 12.7. The van der Waals surface area contributed by atoms with Crippen LogP contribution in [0.3, 0.4) is 0 Å². The van der Waals surface area contributed by atoms with E-state index in [9.17, 15) is 4.79 Å². The predicted molar refractivity (Wildman–Crippen MR) is 101 cm³/mol. The second-order valence-corrected chi connectivity index (χ2v) is 6.38. The number of hydrogen-bond donors (Lipinski definition) is 2. The molecule has 0 saturated carbocycles. The third-order valence-corrected chi connectivity index (χ3v) is 4.35. The number of benzene rings is 2. The summed E-state index contributed by atoms with van der Waals surface area (Å²) in [5, 5.41) is 15.4. The molecule has 130 valence electrons. The van der Waals surface area contributed by atoms with Gasteiger partial charge in [0.05, 0.1) is 29.6 Å². The third-order valence-electron chi connectivity index (χ3n) is 4.35. The Hall–Kier alpha value is -3.41. The van der Waals surface area contributed by atoms with Crippen molar-refractivity contribution in [1.29, 1.82) is 0 Å². The summed E-state index contributed by atoms with van der Waals surface area (Å²) in [7, 11) is 0. The minimum Gasteiger partial charge on any atom is -0.320 e. The summed E-state index contributed by atoms with van der Waals surface area (Å²) in [5.74, 6) is -0.151. The molecule has 6 nitrogen and oxygen atoms in total. The molecule has 2 aromatic carbocycles. The highest BCUT2D eigenvalue weighted by molar-refractivity contribution is 6.08. The molecule has 4 aromatic rings. The van der Waals surface area contributed by atoms with Gasteiger partial charge in [-0.15, -0.1) is 0 Å². The Morgan fingerprint density at radius 3 is 2.81 bits per heavy atom. The van der Waals surface area contributed by atoms with Crippen molar-refractivity contribution in [2.24, 2.45) is 0 Å². The Morgan fingerprint density at radius 1 is 1.15 bits per heavy atom. The standard InChI is InChI=1S/C20H19N5O/c1-13-9-14(2)25(24-13)12-15-5-3-6-16(10-15)20(26)22-18-8-4-7-17-11-21-23-19(17)18/h3-11H,12H2,1-2H3,(H,21,23)(H,22,26). The molecule has 1 amide bonds. The number of aromatic nitrogens is 4. The summed E-state index contributed by atoms with van der Waals surface area (Å²) >= 11 is 0. The van der Waals surface area contributed by atoms with Gasteiger partial charge in [0.15, 0.2) is 0 Å².